The van der Waals surface area contributed by atoms with Crippen molar-refractivity contribution in [2.24, 2.45) is 5.92 Å². The van der Waals surface area contributed by atoms with Gasteiger partial charge in [-0.3, -0.25) is 9.59 Å². The minimum Gasteiger partial charge on any atom is -0.479 e. The van der Waals surface area contributed by atoms with Gasteiger partial charge in [0.25, 0.3) is 0 Å². The van der Waals surface area contributed by atoms with Crippen LogP contribution in [-0.4, -0.2) is 74.9 Å². The molecule has 0 unspecified atom stereocenters. The van der Waals surface area contributed by atoms with Crippen molar-refractivity contribution in [3.8, 4) is 0 Å². The second-order valence-corrected chi connectivity index (χ2v) is 10.2. The van der Waals surface area contributed by atoms with Gasteiger partial charge in [-0.15, -0.1) is 0 Å². The molecule has 184 valence electrons. The number of carboxylic acids is 1. The third-order valence-electron chi connectivity index (χ3n) is 6.33. The highest BCUT2D eigenvalue weighted by atomic mass is 16.6. The summed E-state index contributed by atoms with van der Waals surface area (Å²) in [6, 6.07) is -1.93. The highest BCUT2D eigenvalue weighted by Gasteiger charge is 2.61. The summed E-state index contributed by atoms with van der Waals surface area (Å²) in [6.07, 6.45) is 5.91. The van der Waals surface area contributed by atoms with E-state index in [-0.39, 0.29) is 25.3 Å². The zero-order chi connectivity index (χ0) is 24.4. The number of nitrogens with one attached hydrogen (secondary N) is 2. The number of amides is 3. The van der Waals surface area contributed by atoms with Crippen LogP contribution in [0.1, 0.15) is 65.7 Å². The monoisotopic (exact) mass is 465 g/mol. The number of carbonyl (C=O) groups excluding carboxylic acids is 3. The third kappa shape index (κ3) is 6.04. The van der Waals surface area contributed by atoms with Crippen LogP contribution in [0.5, 0.6) is 0 Å². The normalized spacial score (nSPS) is 33.2. The SMILES string of the molecule is CC(C)(C)OC(=O)N[C@@H]1CCCCCC=C[C@@H]2C[C@@]2(C(=O)O)NC(=O)[C@@H]2C[C@@H](O)CN2C1=O. The summed E-state index contributed by atoms with van der Waals surface area (Å²) in [5.41, 5.74) is -2.12. The van der Waals surface area contributed by atoms with E-state index in [9.17, 15) is 29.4 Å². The predicted molar refractivity (Wildman–Crippen MR) is 118 cm³/mol. The number of aliphatic hydroxyl groups is 1. The Balaban J connectivity index is 1.83. The van der Waals surface area contributed by atoms with Crippen LogP contribution in [0.25, 0.3) is 0 Å². The van der Waals surface area contributed by atoms with Gasteiger partial charge in [0.2, 0.25) is 11.8 Å². The van der Waals surface area contributed by atoms with Gasteiger partial charge in [0.1, 0.15) is 23.2 Å². The molecule has 0 aromatic carbocycles. The van der Waals surface area contributed by atoms with Crippen LogP contribution in [0.3, 0.4) is 0 Å². The number of alkyl carbamates (subject to hydrolysis) is 1. The Hall–Kier alpha value is -2.62. The minimum atomic E-state index is -1.38. The Morgan fingerprint density at radius 1 is 1.24 bits per heavy atom. The molecular formula is C23H35N3O7. The van der Waals surface area contributed by atoms with Crippen molar-refractivity contribution in [3.05, 3.63) is 12.2 Å². The van der Waals surface area contributed by atoms with Gasteiger partial charge >= 0.3 is 12.1 Å². The van der Waals surface area contributed by atoms with E-state index in [4.69, 9.17) is 4.74 Å². The average Bonchev–Trinajstić information content (AvgIpc) is 3.25. The molecule has 0 aromatic rings. The number of aliphatic carboxylic acids is 1. The van der Waals surface area contributed by atoms with Crippen molar-refractivity contribution < 1.29 is 34.1 Å². The molecule has 3 rings (SSSR count). The first-order chi connectivity index (χ1) is 15.4. The number of fused-ring (bicyclic) bond motifs is 2. The number of hydrogen-bond donors (Lipinski definition) is 4. The van der Waals surface area contributed by atoms with Gasteiger partial charge in [0, 0.05) is 18.9 Å². The molecule has 1 aliphatic carbocycles. The molecule has 0 bridgehead atoms. The Labute approximate surface area is 193 Å². The van der Waals surface area contributed by atoms with Crippen molar-refractivity contribution in [1.29, 1.82) is 0 Å². The first kappa shape index (κ1) is 25.0. The number of hydrogen-bond acceptors (Lipinski definition) is 6. The fraction of sp³-hybridized carbons (Fsp3) is 0.739. The number of carboxylic acid groups (broad SMARTS) is 1. The summed E-state index contributed by atoms with van der Waals surface area (Å²) in [7, 11) is 0. The van der Waals surface area contributed by atoms with E-state index in [1.807, 2.05) is 12.2 Å². The molecule has 1 saturated carbocycles. The van der Waals surface area contributed by atoms with Crippen LogP contribution in [0, 0.1) is 5.92 Å². The lowest BCUT2D eigenvalue weighted by molar-refractivity contribution is -0.145. The zero-order valence-corrected chi connectivity index (χ0v) is 19.5. The van der Waals surface area contributed by atoms with Gasteiger partial charge in [-0.1, -0.05) is 25.0 Å². The fourth-order valence-corrected chi connectivity index (χ4v) is 4.53. The van der Waals surface area contributed by atoms with E-state index in [2.05, 4.69) is 10.6 Å². The topological polar surface area (TPSA) is 145 Å². The Kier molecular flexibility index (Phi) is 7.36. The smallest absolute Gasteiger partial charge is 0.408 e. The molecule has 0 aromatic heterocycles. The molecule has 10 nitrogen and oxygen atoms in total. The molecule has 2 fully saturated rings. The van der Waals surface area contributed by atoms with Crippen molar-refractivity contribution >= 4 is 23.9 Å². The summed E-state index contributed by atoms with van der Waals surface area (Å²) in [5.74, 6) is -2.51. The molecule has 3 amide bonds. The summed E-state index contributed by atoms with van der Waals surface area (Å²) < 4.78 is 5.30. The molecule has 0 spiro atoms. The van der Waals surface area contributed by atoms with E-state index in [0.29, 0.717) is 12.8 Å². The predicted octanol–water partition coefficient (Wildman–Crippen LogP) is 1.32. The average molecular weight is 466 g/mol. The summed E-state index contributed by atoms with van der Waals surface area (Å²) in [4.78, 5) is 52.0. The second kappa shape index (κ2) is 9.70. The van der Waals surface area contributed by atoms with Crippen LogP contribution in [0.2, 0.25) is 0 Å². The van der Waals surface area contributed by atoms with E-state index in [1.165, 1.54) is 4.90 Å². The lowest BCUT2D eigenvalue weighted by Crippen LogP contribution is -2.56. The highest BCUT2D eigenvalue weighted by molar-refractivity contribution is 5.96. The molecule has 33 heavy (non-hydrogen) atoms. The van der Waals surface area contributed by atoms with E-state index >= 15 is 0 Å². The van der Waals surface area contributed by atoms with Gasteiger partial charge in [0.15, 0.2) is 0 Å². The van der Waals surface area contributed by atoms with Crippen molar-refractivity contribution in [3.63, 3.8) is 0 Å². The van der Waals surface area contributed by atoms with Crippen molar-refractivity contribution in [1.82, 2.24) is 15.5 Å². The second-order valence-electron chi connectivity index (χ2n) is 10.2. The zero-order valence-electron chi connectivity index (χ0n) is 19.5. The quantitative estimate of drug-likeness (QED) is 0.450. The largest absolute Gasteiger partial charge is 0.479 e. The fourth-order valence-electron chi connectivity index (χ4n) is 4.53. The molecule has 1 saturated heterocycles. The lowest BCUT2D eigenvalue weighted by Gasteiger charge is -2.30. The summed E-state index contributed by atoms with van der Waals surface area (Å²) >= 11 is 0. The molecule has 10 heteroatoms. The maximum Gasteiger partial charge on any atom is 0.408 e. The number of ether oxygens (including phenoxy) is 1. The Morgan fingerprint density at radius 3 is 2.64 bits per heavy atom. The molecule has 5 atom stereocenters. The number of allylic oxidation sites excluding steroid dienone is 1. The molecular weight excluding hydrogens is 430 g/mol. The van der Waals surface area contributed by atoms with E-state index in [0.717, 1.165) is 19.3 Å². The first-order valence-corrected chi connectivity index (χ1v) is 11.6. The van der Waals surface area contributed by atoms with Crippen LogP contribution in [-0.2, 0) is 19.1 Å². The third-order valence-corrected chi connectivity index (χ3v) is 6.33. The van der Waals surface area contributed by atoms with Gasteiger partial charge < -0.3 is 30.5 Å². The first-order valence-electron chi connectivity index (χ1n) is 11.6. The van der Waals surface area contributed by atoms with Crippen molar-refractivity contribution in [2.75, 3.05) is 6.54 Å². The van der Waals surface area contributed by atoms with E-state index in [1.54, 1.807) is 20.8 Å². The summed E-state index contributed by atoms with van der Waals surface area (Å²) in [5, 5.41) is 25.2. The molecule has 2 heterocycles. The standard InChI is InChI=1S/C23H35N3O7/c1-22(2,3)33-21(32)24-16-10-8-6-4-5-7-9-14-12-23(14,20(30)31)25-18(28)17-11-15(27)13-26(17)19(16)29/h7,9,14-17,27H,4-6,8,10-13H2,1-3H3,(H,24,32)(H,25,28)(H,30,31)/t14-,15-,16-,17+,23-/m1/s1. The number of rotatable bonds is 2. The van der Waals surface area contributed by atoms with Gasteiger partial charge in [0.05, 0.1) is 6.10 Å². The molecule has 3 aliphatic rings. The van der Waals surface area contributed by atoms with Crippen molar-refractivity contribution in [2.45, 2.75) is 95.0 Å². The maximum atomic E-state index is 13.4. The minimum absolute atomic E-state index is 0.00688. The summed E-state index contributed by atoms with van der Waals surface area (Å²) in [6.45, 7) is 5.10. The number of nitrogens with zero attached hydrogens (tertiary/aromatic N) is 1. The molecule has 4 N–H and O–H groups in total. The van der Waals surface area contributed by atoms with Crippen LogP contribution in [0.4, 0.5) is 4.79 Å². The Morgan fingerprint density at radius 2 is 1.97 bits per heavy atom. The van der Waals surface area contributed by atoms with Gasteiger partial charge in [-0.2, -0.15) is 0 Å². The highest BCUT2D eigenvalue weighted by Crippen LogP contribution is 2.45. The maximum absolute atomic E-state index is 13.4. The van der Waals surface area contributed by atoms with E-state index < -0.39 is 53.2 Å². The van der Waals surface area contributed by atoms with Crippen LogP contribution in [0.15, 0.2) is 12.2 Å². The number of carbonyl (C=O) groups is 4. The molecule has 2 aliphatic heterocycles. The van der Waals surface area contributed by atoms with Gasteiger partial charge in [-0.25, -0.2) is 9.59 Å². The van der Waals surface area contributed by atoms with Crippen LogP contribution >= 0.6 is 0 Å². The van der Waals surface area contributed by atoms with Gasteiger partial charge in [-0.05, 0) is 46.5 Å². The molecule has 0 radical (unpaired) electrons. The lowest BCUT2D eigenvalue weighted by atomic mass is 10.0. The number of aliphatic hydroxyl groups excluding tert-OH is 1. The van der Waals surface area contributed by atoms with Crippen LogP contribution < -0.4 is 10.6 Å². The Bertz CT molecular complexity index is 821.